The summed E-state index contributed by atoms with van der Waals surface area (Å²) in [6.45, 7) is 0.000837. The number of hydrogen-bond acceptors (Lipinski definition) is 5. The highest BCUT2D eigenvalue weighted by atomic mass is 32.2. The van der Waals surface area contributed by atoms with E-state index in [0.717, 1.165) is 23.2 Å². The van der Waals surface area contributed by atoms with Crippen LogP contribution in [0.25, 0.3) is 0 Å². The van der Waals surface area contributed by atoms with Crippen LogP contribution >= 0.6 is 0 Å². The summed E-state index contributed by atoms with van der Waals surface area (Å²) in [5, 5.41) is 2.93. The molecule has 0 spiro atoms. The fraction of sp³-hybridized carbons (Fsp3) is 0.417. The van der Waals surface area contributed by atoms with E-state index in [0.29, 0.717) is 18.4 Å². The first kappa shape index (κ1) is 24.3. The van der Waals surface area contributed by atoms with Crippen LogP contribution in [0.5, 0.6) is 0 Å². The van der Waals surface area contributed by atoms with Gasteiger partial charge in [0.1, 0.15) is 5.82 Å². The van der Waals surface area contributed by atoms with Crippen LogP contribution in [0.15, 0.2) is 54.6 Å². The van der Waals surface area contributed by atoms with Crippen LogP contribution in [-0.4, -0.2) is 60.8 Å². The van der Waals surface area contributed by atoms with E-state index in [1.54, 1.807) is 30.3 Å². The van der Waals surface area contributed by atoms with Gasteiger partial charge in [0.25, 0.3) is 11.8 Å². The van der Waals surface area contributed by atoms with Gasteiger partial charge >= 0.3 is 0 Å². The fourth-order valence-corrected chi connectivity index (χ4v) is 6.23. The van der Waals surface area contributed by atoms with Crippen LogP contribution in [0, 0.1) is 5.82 Å². The van der Waals surface area contributed by atoms with Crippen LogP contribution in [0.2, 0.25) is 0 Å². The Balaban J connectivity index is 1.61. The van der Waals surface area contributed by atoms with Crippen molar-refractivity contribution < 1.29 is 22.4 Å². The topological polar surface area (TPSA) is 113 Å². The van der Waals surface area contributed by atoms with E-state index < -0.39 is 33.8 Å². The van der Waals surface area contributed by atoms with E-state index in [1.807, 2.05) is 0 Å². The van der Waals surface area contributed by atoms with Crippen molar-refractivity contribution in [3.63, 3.8) is 0 Å². The van der Waals surface area contributed by atoms with Crippen LogP contribution in [-0.2, 0) is 20.6 Å². The second-order valence-electron chi connectivity index (χ2n) is 8.86. The molecule has 2 aliphatic rings. The minimum Gasteiger partial charge on any atom is -0.350 e. The molecule has 1 unspecified atom stereocenters. The summed E-state index contributed by atoms with van der Waals surface area (Å²) in [7, 11) is -3.93. The van der Waals surface area contributed by atoms with Gasteiger partial charge in [-0.1, -0.05) is 36.4 Å². The van der Waals surface area contributed by atoms with Crippen molar-refractivity contribution in [2.75, 3.05) is 13.1 Å². The molecule has 1 atom stereocenters. The van der Waals surface area contributed by atoms with Crippen LogP contribution in [0.1, 0.15) is 41.6 Å². The summed E-state index contributed by atoms with van der Waals surface area (Å²) in [6.07, 6.45) is 1.55. The van der Waals surface area contributed by atoms with Crippen molar-refractivity contribution in [3.05, 3.63) is 71.5 Å². The molecule has 1 aliphatic carbocycles. The van der Waals surface area contributed by atoms with Crippen molar-refractivity contribution in [1.29, 1.82) is 0 Å². The number of carbonyl (C=O) groups is 2. The number of nitrogens with one attached hydrogen (secondary N) is 1. The zero-order valence-electron chi connectivity index (χ0n) is 18.8. The Kier molecular flexibility index (Phi) is 7.30. The SMILES string of the molecule is NC1CCC(NC(=O)C2N(C(=O)c3cccc(F)c3)CCN2S(=O)(=O)Cc2ccccc2)CC1. The Bertz CT molecular complexity index is 1140. The molecule has 3 N–H and O–H groups in total. The number of nitrogens with zero attached hydrogens (tertiary/aromatic N) is 2. The smallest absolute Gasteiger partial charge is 0.259 e. The van der Waals surface area contributed by atoms with Gasteiger partial charge in [-0.05, 0) is 49.4 Å². The molecule has 0 radical (unpaired) electrons. The van der Waals surface area contributed by atoms with Crippen LogP contribution in [0.3, 0.4) is 0 Å². The highest BCUT2D eigenvalue weighted by Gasteiger charge is 2.46. The lowest BCUT2D eigenvalue weighted by Crippen LogP contribution is -2.56. The van der Waals surface area contributed by atoms with E-state index in [-0.39, 0.29) is 36.5 Å². The molecule has 34 heavy (non-hydrogen) atoms. The summed E-state index contributed by atoms with van der Waals surface area (Å²) in [5.41, 5.74) is 6.60. The number of rotatable bonds is 6. The summed E-state index contributed by atoms with van der Waals surface area (Å²) in [5.74, 6) is -2.03. The molecule has 1 aliphatic heterocycles. The zero-order chi connectivity index (χ0) is 24.3. The van der Waals surface area contributed by atoms with Gasteiger partial charge in [0.15, 0.2) is 6.17 Å². The first-order chi connectivity index (χ1) is 16.2. The molecule has 2 amide bonds. The zero-order valence-corrected chi connectivity index (χ0v) is 19.6. The standard InChI is InChI=1S/C24H29FN4O4S/c25-19-8-4-7-18(15-19)24(31)28-13-14-29(34(32,33)16-17-5-2-1-3-6-17)23(28)22(30)27-21-11-9-20(26)10-12-21/h1-8,15,20-21,23H,9-14,16,26H2,(H,27,30). The third-order valence-electron chi connectivity index (χ3n) is 6.36. The first-order valence-electron chi connectivity index (χ1n) is 11.4. The molecule has 182 valence electrons. The molecule has 1 saturated carbocycles. The van der Waals surface area contributed by atoms with Crippen LogP contribution < -0.4 is 11.1 Å². The van der Waals surface area contributed by atoms with Crippen molar-refractivity contribution in [2.45, 2.75) is 49.7 Å². The number of carbonyl (C=O) groups excluding carboxylic acids is 2. The summed E-state index contributed by atoms with van der Waals surface area (Å²) >= 11 is 0. The van der Waals surface area contributed by atoms with Gasteiger partial charge in [-0.2, -0.15) is 4.31 Å². The largest absolute Gasteiger partial charge is 0.350 e. The molecule has 1 heterocycles. The van der Waals surface area contributed by atoms with Gasteiger partial charge in [-0.3, -0.25) is 9.59 Å². The highest BCUT2D eigenvalue weighted by Crippen LogP contribution is 2.25. The predicted molar refractivity (Wildman–Crippen MR) is 125 cm³/mol. The highest BCUT2D eigenvalue weighted by molar-refractivity contribution is 7.88. The third kappa shape index (κ3) is 5.45. The Hall–Kier alpha value is -2.82. The Labute approximate surface area is 199 Å². The van der Waals surface area contributed by atoms with Gasteiger partial charge in [-0.15, -0.1) is 0 Å². The molecule has 4 rings (SSSR count). The Morgan fingerprint density at radius 3 is 2.38 bits per heavy atom. The number of amides is 2. The molecule has 2 aromatic carbocycles. The predicted octanol–water partition coefficient (Wildman–Crippen LogP) is 1.83. The lowest BCUT2D eigenvalue weighted by atomic mass is 9.92. The number of benzene rings is 2. The Morgan fingerprint density at radius 1 is 1.00 bits per heavy atom. The summed E-state index contributed by atoms with van der Waals surface area (Å²) < 4.78 is 41.5. The molecule has 0 aromatic heterocycles. The fourth-order valence-electron chi connectivity index (χ4n) is 4.58. The van der Waals surface area contributed by atoms with E-state index in [4.69, 9.17) is 5.73 Å². The normalized spacial score (nSPS) is 23.6. The first-order valence-corrected chi connectivity index (χ1v) is 13.0. The Morgan fingerprint density at radius 2 is 1.71 bits per heavy atom. The minimum atomic E-state index is -3.93. The van der Waals surface area contributed by atoms with Crippen molar-refractivity contribution in [2.24, 2.45) is 5.73 Å². The average molecular weight is 489 g/mol. The lowest BCUT2D eigenvalue weighted by molar-refractivity contribution is -0.128. The molecule has 0 bridgehead atoms. The van der Waals surface area contributed by atoms with Gasteiger partial charge < -0.3 is 16.0 Å². The van der Waals surface area contributed by atoms with Crippen molar-refractivity contribution >= 4 is 21.8 Å². The van der Waals surface area contributed by atoms with E-state index in [2.05, 4.69) is 5.32 Å². The maximum absolute atomic E-state index is 13.8. The summed E-state index contributed by atoms with van der Waals surface area (Å²) in [6, 6.07) is 13.8. The molecule has 10 heteroatoms. The van der Waals surface area contributed by atoms with E-state index in [1.165, 1.54) is 23.1 Å². The molecular formula is C24H29FN4O4S. The molecule has 1 saturated heterocycles. The maximum Gasteiger partial charge on any atom is 0.259 e. The number of hydrogen-bond donors (Lipinski definition) is 2. The number of nitrogens with two attached hydrogens (primary N) is 1. The molecule has 2 aromatic rings. The van der Waals surface area contributed by atoms with E-state index in [9.17, 15) is 22.4 Å². The second kappa shape index (κ2) is 10.2. The van der Waals surface area contributed by atoms with Gasteiger partial charge in [0, 0.05) is 30.7 Å². The van der Waals surface area contributed by atoms with Gasteiger partial charge in [-0.25, -0.2) is 12.8 Å². The minimum absolute atomic E-state index is 0.0240. The molecule has 8 nitrogen and oxygen atoms in total. The quantitative estimate of drug-likeness (QED) is 0.644. The lowest BCUT2D eigenvalue weighted by Gasteiger charge is -2.32. The number of halogens is 1. The molecule has 2 fully saturated rings. The second-order valence-corrected chi connectivity index (χ2v) is 10.8. The van der Waals surface area contributed by atoms with Crippen LogP contribution in [0.4, 0.5) is 4.39 Å². The van der Waals surface area contributed by atoms with Gasteiger partial charge in [0.05, 0.1) is 5.75 Å². The maximum atomic E-state index is 13.8. The monoisotopic (exact) mass is 488 g/mol. The van der Waals surface area contributed by atoms with E-state index >= 15 is 0 Å². The average Bonchev–Trinajstić information content (AvgIpc) is 3.27. The molecular weight excluding hydrogens is 459 g/mol. The summed E-state index contributed by atoms with van der Waals surface area (Å²) in [4.78, 5) is 27.8. The third-order valence-corrected chi connectivity index (χ3v) is 8.16. The van der Waals surface area contributed by atoms with Crippen molar-refractivity contribution in [3.8, 4) is 0 Å². The number of sulfonamides is 1. The van der Waals surface area contributed by atoms with Crippen molar-refractivity contribution in [1.82, 2.24) is 14.5 Å². The van der Waals surface area contributed by atoms with Gasteiger partial charge in [0.2, 0.25) is 10.0 Å².